The van der Waals surface area contributed by atoms with E-state index in [1.807, 2.05) is 11.8 Å². The summed E-state index contributed by atoms with van der Waals surface area (Å²) in [5.41, 5.74) is 5.47. The van der Waals surface area contributed by atoms with Crippen LogP contribution in [0.3, 0.4) is 0 Å². The lowest BCUT2D eigenvalue weighted by molar-refractivity contribution is -0.139. The van der Waals surface area contributed by atoms with Gasteiger partial charge in [0.15, 0.2) is 0 Å². The summed E-state index contributed by atoms with van der Waals surface area (Å²) in [7, 11) is 0. The minimum Gasteiger partial charge on any atom is -0.481 e. The lowest BCUT2D eigenvalue weighted by Gasteiger charge is -2.33. The first-order valence-electron chi connectivity index (χ1n) is 6.36. The molecular weight excluding hydrogens is 236 g/mol. The highest BCUT2D eigenvalue weighted by Gasteiger charge is 2.25. The average molecular weight is 258 g/mol. The van der Waals surface area contributed by atoms with Gasteiger partial charge in [-0.25, -0.2) is 0 Å². The third-order valence-electron chi connectivity index (χ3n) is 3.20. The number of amides is 1. The van der Waals surface area contributed by atoms with Gasteiger partial charge < -0.3 is 20.5 Å². The zero-order valence-electron chi connectivity index (χ0n) is 10.8. The van der Waals surface area contributed by atoms with Crippen LogP contribution < -0.4 is 5.73 Å². The largest absolute Gasteiger partial charge is 0.481 e. The van der Waals surface area contributed by atoms with Crippen molar-refractivity contribution in [3.8, 4) is 0 Å². The van der Waals surface area contributed by atoms with Gasteiger partial charge in [-0.2, -0.15) is 0 Å². The summed E-state index contributed by atoms with van der Waals surface area (Å²) < 4.78 is 5.47. The molecule has 0 radical (unpaired) electrons. The van der Waals surface area contributed by atoms with Crippen molar-refractivity contribution in [3.05, 3.63) is 0 Å². The van der Waals surface area contributed by atoms with E-state index in [4.69, 9.17) is 15.6 Å². The third-order valence-corrected chi connectivity index (χ3v) is 3.20. The van der Waals surface area contributed by atoms with Gasteiger partial charge in [0.05, 0.1) is 19.1 Å². The van der Waals surface area contributed by atoms with Gasteiger partial charge in [-0.05, 0) is 12.8 Å². The molecule has 0 spiro atoms. The van der Waals surface area contributed by atoms with Crippen molar-refractivity contribution < 1.29 is 19.4 Å². The molecule has 1 atom stereocenters. The number of hydrogen-bond acceptors (Lipinski definition) is 4. The molecule has 0 bridgehead atoms. The van der Waals surface area contributed by atoms with Gasteiger partial charge in [-0.3, -0.25) is 9.59 Å². The van der Waals surface area contributed by atoms with Crippen molar-refractivity contribution in [3.63, 3.8) is 0 Å². The van der Waals surface area contributed by atoms with Crippen LogP contribution in [-0.2, 0) is 14.3 Å². The van der Waals surface area contributed by atoms with Crippen LogP contribution in [-0.4, -0.2) is 54.2 Å². The standard InChI is InChI=1S/C12H22N2O4/c1-9(8-13)12(17)14-5-2-10(3-6-14)18-7-4-11(15)16/h9-10H,2-8,13H2,1H3,(H,15,16). The molecule has 1 aliphatic rings. The van der Waals surface area contributed by atoms with Crippen molar-refractivity contribution in [1.29, 1.82) is 0 Å². The second-order valence-electron chi connectivity index (χ2n) is 4.68. The van der Waals surface area contributed by atoms with Gasteiger partial charge in [0, 0.05) is 25.6 Å². The molecule has 18 heavy (non-hydrogen) atoms. The normalized spacial score (nSPS) is 18.7. The Morgan fingerprint density at radius 1 is 1.44 bits per heavy atom. The van der Waals surface area contributed by atoms with Crippen molar-refractivity contribution in [2.45, 2.75) is 32.3 Å². The van der Waals surface area contributed by atoms with Crippen LogP contribution in [0.25, 0.3) is 0 Å². The number of ether oxygens (including phenoxy) is 1. The zero-order chi connectivity index (χ0) is 13.5. The van der Waals surface area contributed by atoms with E-state index in [0.29, 0.717) is 19.6 Å². The summed E-state index contributed by atoms with van der Waals surface area (Å²) in [5, 5.41) is 8.50. The summed E-state index contributed by atoms with van der Waals surface area (Å²) in [6.45, 7) is 3.78. The number of aliphatic carboxylic acids is 1. The monoisotopic (exact) mass is 258 g/mol. The number of carbonyl (C=O) groups excluding carboxylic acids is 1. The highest BCUT2D eigenvalue weighted by molar-refractivity contribution is 5.78. The predicted octanol–water partition coefficient (Wildman–Crippen LogP) is 0.0635. The summed E-state index contributed by atoms with van der Waals surface area (Å²) >= 11 is 0. The van der Waals surface area contributed by atoms with E-state index in [1.165, 1.54) is 0 Å². The molecule has 0 aromatic rings. The quantitative estimate of drug-likeness (QED) is 0.703. The van der Waals surface area contributed by atoms with Crippen molar-refractivity contribution >= 4 is 11.9 Å². The van der Waals surface area contributed by atoms with Crippen LogP contribution in [0.2, 0.25) is 0 Å². The lowest BCUT2D eigenvalue weighted by Crippen LogP contribution is -2.44. The van der Waals surface area contributed by atoms with Gasteiger partial charge in [0.2, 0.25) is 5.91 Å². The first kappa shape index (κ1) is 14.9. The van der Waals surface area contributed by atoms with Crippen LogP contribution in [0.15, 0.2) is 0 Å². The van der Waals surface area contributed by atoms with Crippen molar-refractivity contribution in [2.75, 3.05) is 26.2 Å². The van der Waals surface area contributed by atoms with E-state index in [9.17, 15) is 9.59 Å². The summed E-state index contributed by atoms with van der Waals surface area (Å²) in [6, 6.07) is 0. The number of carboxylic acid groups (broad SMARTS) is 1. The van der Waals surface area contributed by atoms with Crippen molar-refractivity contribution in [2.24, 2.45) is 11.7 Å². The van der Waals surface area contributed by atoms with Crippen LogP contribution in [0, 0.1) is 5.92 Å². The number of rotatable bonds is 6. The average Bonchev–Trinajstić information content (AvgIpc) is 2.37. The Hall–Kier alpha value is -1.14. The molecule has 1 amide bonds. The molecule has 104 valence electrons. The molecule has 6 nitrogen and oxygen atoms in total. The summed E-state index contributed by atoms with van der Waals surface area (Å²) in [4.78, 5) is 24.0. The van der Waals surface area contributed by atoms with E-state index in [-0.39, 0.29) is 31.0 Å². The Balaban J connectivity index is 2.24. The van der Waals surface area contributed by atoms with Gasteiger partial charge >= 0.3 is 5.97 Å². The number of carbonyl (C=O) groups is 2. The number of nitrogens with zero attached hydrogens (tertiary/aromatic N) is 1. The van der Waals surface area contributed by atoms with Gasteiger partial charge in [0.1, 0.15) is 0 Å². The maximum Gasteiger partial charge on any atom is 0.305 e. The van der Waals surface area contributed by atoms with E-state index in [1.54, 1.807) is 0 Å². The maximum absolute atomic E-state index is 11.9. The minimum atomic E-state index is -0.848. The van der Waals surface area contributed by atoms with Gasteiger partial charge in [0.25, 0.3) is 0 Å². The van der Waals surface area contributed by atoms with Crippen molar-refractivity contribution in [1.82, 2.24) is 4.90 Å². The Labute approximate surface area is 107 Å². The first-order chi connectivity index (χ1) is 8.54. The fourth-order valence-electron chi connectivity index (χ4n) is 1.97. The molecule has 1 fully saturated rings. The number of piperidine rings is 1. The summed E-state index contributed by atoms with van der Waals surface area (Å²) in [5.74, 6) is -0.879. The smallest absolute Gasteiger partial charge is 0.305 e. The molecule has 0 aliphatic carbocycles. The van der Waals surface area contributed by atoms with Crippen LogP contribution in [0.4, 0.5) is 0 Å². The summed E-state index contributed by atoms with van der Waals surface area (Å²) in [6.07, 6.45) is 1.64. The maximum atomic E-state index is 11.9. The Morgan fingerprint density at radius 3 is 2.56 bits per heavy atom. The lowest BCUT2D eigenvalue weighted by atomic mass is 10.0. The third kappa shape index (κ3) is 4.62. The molecule has 1 aliphatic heterocycles. The highest BCUT2D eigenvalue weighted by atomic mass is 16.5. The van der Waals surface area contributed by atoms with Crippen LogP contribution >= 0.6 is 0 Å². The van der Waals surface area contributed by atoms with E-state index in [2.05, 4.69) is 0 Å². The van der Waals surface area contributed by atoms with Gasteiger partial charge in [-0.1, -0.05) is 6.92 Å². The molecule has 0 aromatic heterocycles. The number of hydrogen-bond donors (Lipinski definition) is 2. The number of likely N-dealkylation sites (tertiary alicyclic amines) is 1. The van der Waals surface area contributed by atoms with Crippen LogP contribution in [0.1, 0.15) is 26.2 Å². The fourth-order valence-corrected chi connectivity index (χ4v) is 1.97. The SMILES string of the molecule is CC(CN)C(=O)N1CCC(OCCC(=O)O)CC1. The first-order valence-corrected chi connectivity index (χ1v) is 6.36. The second-order valence-corrected chi connectivity index (χ2v) is 4.68. The zero-order valence-corrected chi connectivity index (χ0v) is 10.8. The Bertz CT molecular complexity index is 288. The van der Waals surface area contributed by atoms with Crippen LogP contribution in [0.5, 0.6) is 0 Å². The molecule has 0 saturated carbocycles. The Kier molecular flexibility index (Phi) is 6.07. The molecule has 6 heteroatoms. The van der Waals surface area contributed by atoms with E-state index < -0.39 is 5.97 Å². The molecule has 1 saturated heterocycles. The van der Waals surface area contributed by atoms with E-state index >= 15 is 0 Å². The number of nitrogens with two attached hydrogens (primary N) is 1. The second kappa shape index (κ2) is 7.33. The van der Waals surface area contributed by atoms with E-state index in [0.717, 1.165) is 12.8 Å². The topological polar surface area (TPSA) is 92.9 Å². The highest BCUT2D eigenvalue weighted by Crippen LogP contribution is 2.15. The Morgan fingerprint density at radius 2 is 2.06 bits per heavy atom. The molecule has 0 aromatic carbocycles. The molecule has 1 rings (SSSR count). The molecular formula is C12H22N2O4. The fraction of sp³-hybridized carbons (Fsp3) is 0.833. The number of carboxylic acids is 1. The van der Waals surface area contributed by atoms with Gasteiger partial charge in [-0.15, -0.1) is 0 Å². The predicted molar refractivity (Wildman–Crippen MR) is 66.0 cm³/mol. The molecule has 3 N–H and O–H groups in total. The molecule has 1 unspecified atom stereocenters. The molecule has 1 heterocycles. The minimum absolute atomic E-state index is 0.0311.